The zero-order valence-electron chi connectivity index (χ0n) is 9.84. The molecule has 17 heavy (non-hydrogen) atoms. The van der Waals surface area contributed by atoms with Crippen LogP contribution in [-0.2, 0) is 5.41 Å². The highest BCUT2D eigenvalue weighted by Crippen LogP contribution is 2.52. The number of benzene rings is 1. The summed E-state index contributed by atoms with van der Waals surface area (Å²) in [4.78, 5) is 0. The van der Waals surface area contributed by atoms with Crippen molar-refractivity contribution in [3.8, 4) is 6.07 Å². The van der Waals surface area contributed by atoms with E-state index in [1.165, 1.54) is 12.8 Å². The molecule has 0 bridgehead atoms. The maximum atomic E-state index is 9.46. The molecule has 0 radical (unpaired) electrons. The average Bonchev–Trinajstić information content (AvgIpc) is 2.24. The van der Waals surface area contributed by atoms with Gasteiger partial charge < -0.3 is 0 Å². The number of rotatable bonds is 3. The summed E-state index contributed by atoms with van der Waals surface area (Å²) in [5, 5.41) is 10.7. The van der Waals surface area contributed by atoms with Crippen molar-refractivity contribution in [2.45, 2.75) is 38.0 Å². The van der Waals surface area contributed by atoms with Crippen LogP contribution in [0.2, 0.25) is 10.0 Å². The second-order valence-corrected chi connectivity index (χ2v) is 5.67. The lowest BCUT2D eigenvalue weighted by Crippen LogP contribution is -2.40. The fourth-order valence-corrected chi connectivity index (χ4v) is 3.60. The van der Waals surface area contributed by atoms with E-state index in [2.05, 4.69) is 13.0 Å². The van der Waals surface area contributed by atoms with Crippen LogP contribution in [0.4, 0.5) is 0 Å². The molecular formula is C14H15Cl2N. The van der Waals surface area contributed by atoms with E-state index in [-0.39, 0.29) is 0 Å². The van der Waals surface area contributed by atoms with Gasteiger partial charge in [-0.05, 0) is 30.9 Å². The van der Waals surface area contributed by atoms with Gasteiger partial charge in [-0.3, -0.25) is 0 Å². The van der Waals surface area contributed by atoms with Gasteiger partial charge in [0.1, 0.15) is 0 Å². The molecular weight excluding hydrogens is 253 g/mol. The minimum Gasteiger partial charge on any atom is -0.197 e. The molecule has 0 spiro atoms. The minimum absolute atomic E-state index is 0.449. The number of hydrogen-bond acceptors (Lipinski definition) is 1. The number of nitriles is 1. The van der Waals surface area contributed by atoms with Crippen molar-refractivity contribution in [1.29, 1.82) is 5.26 Å². The standard InChI is InChI=1S/C14H15Cl2N/c1-2-4-10-7-14(8-10,9-17)13-11(15)5-3-6-12(13)16/h3,5-6,10H,2,4,7-8H2,1H3. The molecule has 3 heteroatoms. The Hall–Kier alpha value is -0.710. The van der Waals surface area contributed by atoms with Gasteiger partial charge >= 0.3 is 0 Å². The van der Waals surface area contributed by atoms with Crippen molar-refractivity contribution in [3.63, 3.8) is 0 Å². The van der Waals surface area contributed by atoms with Gasteiger partial charge in [-0.2, -0.15) is 5.26 Å². The predicted octanol–water partition coefficient (Wildman–Crippen LogP) is 4.96. The highest BCUT2D eigenvalue weighted by molar-refractivity contribution is 6.36. The van der Waals surface area contributed by atoms with Gasteiger partial charge in [-0.25, -0.2) is 0 Å². The van der Waals surface area contributed by atoms with Crippen molar-refractivity contribution in [3.05, 3.63) is 33.8 Å². The number of halogens is 2. The summed E-state index contributed by atoms with van der Waals surface area (Å²) < 4.78 is 0. The van der Waals surface area contributed by atoms with E-state index in [4.69, 9.17) is 23.2 Å². The first-order valence-corrected chi connectivity index (χ1v) is 6.74. The average molecular weight is 268 g/mol. The van der Waals surface area contributed by atoms with Gasteiger partial charge in [0.2, 0.25) is 0 Å². The first-order valence-electron chi connectivity index (χ1n) is 5.98. The molecule has 1 aliphatic carbocycles. The number of hydrogen-bond donors (Lipinski definition) is 0. The first-order chi connectivity index (χ1) is 8.13. The molecule has 1 aromatic rings. The summed E-state index contributed by atoms with van der Waals surface area (Å²) in [5.74, 6) is 0.645. The first kappa shape index (κ1) is 12.7. The minimum atomic E-state index is -0.449. The van der Waals surface area contributed by atoms with Crippen LogP contribution >= 0.6 is 23.2 Å². The summed E-state index contributed by atoms with van der Waals surface area (Å²) in [6.45, 7) is 2.18. The third-order valence-corrected chi connectivity index (χ3v) is 4.26. The van der Waals surface area contributed by atoms with Crippen LogP contribution in [0.1, 0.15) is 38.2 Å². The molecule has 2 rings (SSSR count). The fourth-order valence-electron chi connectivity index (χ4n) is 2.84. The lowest BCUT2D eigenvalue weighted by atomic mass is 9.58. The summed E-state index contributed by atoms with van der Waals surface area (Å²) in [6.07, 6.45) is 4.13. The predicted molar refractivity (Wildman–Crippen MR) is 71.4 cm³/mol. The second-order valence-electron chi connectivity index (χ2n) is 4.85. The Bertz CT molecular complexity index is 436. The maximum absolute atomic E-state index is 9.46. The Morgan fingerprint density at radius 2 is 1.94 bits per heavy atom. The molecule has 0 aromatic heterocycles. The van der Waals surface area contributed by atoms with Crippen LogP contribution in [0.5, 0.6) is 0 Å². The molecule has 1 aromatic carbocycles. The Morgan fingerprint density at radius 1 is 1.35 bits per heavy atom. The Balaban J connectivity index is 2.30. The van der Waals surface area contributed by atoms with Gasteiger partial charge in [0.25, 0.3) is 0 Å². The molecule has 0 N–H and O–H groups in total. The summed E-state index contributed by atoms with van der Waals surface area (Å²) in [7, 11) is 0. The van der Waals surface area contributed by atoms with Crippen LogP contribution in [0.3, 0.4) is 0 Å². The Morgan fingerprint density at radius 3 is 2.41 bits per heavy atom. The molecule has 0 amide bonds. The molecule has 0 aliphatic heterocycles. The highest BCUT2D eigenvalue weighted by atomic mass is 35.5. The SMILES string of the molecule is CCCC1CC(C#N)(c2c(Cl)cccc2Cl)C1. The third kappa shape index (κ3) is 2.17. The molecule has 0 heterocycles. The van der Waals surface area contributed by atoms with Gasteiger partial charge in [0.05, 0.1) is 11.5 Å². The van der Waals surface area contributed by atoms with Crippen LogP contribution in [0.15, 0.2) is 18.2 Å². The quantitative estimate of drug-likeness (QED) is 0.759. The lowest BCUT2D eigenvalue weighted by molar-refractivity contribution is 0.185. The molecule has 1 aliphatic rings. The monoisotopic (exact) mass is 267 g/mol. The van der Waals surface area contributed by atoms with Crippen molar-refractivity contribution in [2.75, 3.05) is 0 Å². The van der Waals surface area contributed by atoms with Crippen LogP contribution < -0.4 is 0 Å². The van der Waals surface area contributed by atoms with Crippen LogP contribution in [0, 0.1) is 17.2 Å². The van der Waals surface area contributed by atoms with Gasteiger partial charge in [-0.1, -0.05) is 49.0 Å². The van der Waals surface area contributed by atoms with E-state index in [0.717, 1.165) is 18.4 Å². The molecule has 0 unspecified atom stereocenters. The number of nitrogens with zero attached hydrogens (tertiary/aromatic N) is 1. The van der Waals surface area contributed by atoms with Gasteiger partial charge in [0.15, 0.2) is 0 Å². The zero-order chi connectivity index (χ0) is 12.5. The summed E-state index contributed by atoms with van der Waals surface area (Å²) in [5.41, 5.74) is 0.383. The normalized spacial score (nSPS) is 27.3. The molecule has 1 fully saturated rings. The van der Waals surface area contributed by atoms with E-state index in [1.807, 2.05) is 18.2 Å². The molecule has 0 atom stereocenters. The third-order valence-electron chi connectivity index (χ3n) is 3.63. The van der Waals surface area contributed by atoms with Crippen molar-refractivity contribution >= 4 is 23.2 Å². The van der Waals surface area contributed by atoms with E-state index < -0.39 is 5.41 Å². The van der Waals surface area contributed by atoms with E-state index in [0.29, 0.717) is 16.0 Å². The van der Waals surface area contributed by atoms with Crippen LogP contribution in [0.25, 0.3) is 0 Å². The maximum Gasteiger partial charge on any atom is 0.0856 e. The molecule has 1 nitrogen and oxygen atoms in total. The second kappa shape index (κ2) is 4.88. The van der Waals surface area contributed by atoms with Gasteiger partial charge in [-0.15, -0.1) is 0 Å². The summed E-state index contributed by atoms with van der Waals surface area (Å²) in [6, 6.07) is 7.88. The largest absolute Gasteiger partial charge is 0.197 e. The summed E-state index contributed by atoms with van der Waals surface area (Å²) >= 11 is 12.4. The van der Waals surface area contributed by atoms with Gasteiger partial charge in [0, 0.05) is 15.6 Å². The molecule has 0 saturated heterocycles. The van der Waals surface area contributed by atoms with Crippen molar-refractivity contribution in [2.24, 2.45) is 5.92 Å². The zero-order valence-corrected chi connectivity index (χ0v) is 11.4. The fraction of sp³-hybridized carbons (Fsp3) is 0.500. The van der Waals surface area contributed by atoms with Crippen LogP contribution in [-0.4, -0.2) is 0 Å². The van der Waals surface area contributed by atoms with Crippen molar-refractivity contribution in [1.82, 2.24) is 0 Å². The smallest absolute Gasteiger partial charge is 0.0856 e. The van der Waals surface area contributed by atoms with E-state index in [9.17, 15) is 5.26 Å². The molecule has 1 saturated carbocycles. The Labute approximate surface area is 112 Å². The van der Waals surface area contributed by atoms with Crippen molar-refractivity contribution < 1.29 is 0 Å². The molecule has 90 valence electrons. The Kier molecular flexibility index (Phi) is 3.66. The topological polar surface area (TPSA) is 23.8 Å². The van der Waals surface area contributed by atoms with E-state index >= 15 is 0 Å². The highest BCUT2D eigenvalue weighted by Gasteiger charge is 2.47. The lowest BCUT2D eigenvalue weighted by Gasteiger charge is -2.43. The van der Waals surface area contributed by atoms with E-state index in [1.54, 1.807) is 0 Å².